The summed E-state index contributed by atoms with van der Waals surface area (Å²) in [4.78, 5) is 15.0. The van der Waals surface area contributed by atoms with Crippen molar-refractivity contribution in [1.82, 2.24) is 9.80 Å². The highest BCUT2D eigenvalue weighted by Gasteiger charge is 2.25. The predicted octanol–water partition coefficient (Wildman–Crippen LogP) is 0.263. The Kier molecular flexibility index (Phi) is 4.10. The molecular formula is C10H18N2O2. The van der Waals surface area contributed by atoms with Gasteiger partial charge >= 0.3 is 5.97 Å². The van der Waals surface area contributed by atoms with Crippen molar-refractivity contribution in [3.63, 3.8) is 0 Å². The number of nitrogens with zero attached hydrogens (tertiary/aromatic N) is 2. The van der Waals surface area contributed by atoms with Crippen LogP contribution < -0.4 is 0 Å². The van der Waals surface area contributed by atoms with Gasteiger partial charge in [0.15, 0.2) is 0 Å². The Morgan fingerprint density at radius 2 is 2.36 bits per heavy atom. The van der Waals surface area contributed by atoms with Crippen molar-refractivity contribution in [3.05, 3.63) is 12.7 Å². The van der Waals surface area contributed by atoms with Gasteiger partial charge in [0.2, 0.25) is 0 Å². The number of carbonyl (C=O) groups is 1. The molecule has 4 nitrogen and oxygen atoms in total. The van der Waals surface area contributed by atoms with Crippen molar-refractivity contribution < 1.29 is 9.90 Å². The zero-order chi connectivity index (χ0) is 10.6. The summed E-state index contributed by atoms with van der Waals surface area (Å²) in [5.41, 5.74) is 0. The van der Waals surface area contributed by atoms with E-state index in [1.54, 1.807) is 0 Å². The maximum Gasteiger partial charge on any atom is 0.304 e. The summed E-state index contributed by atoms with van der Waals surface area (Å²) in [5, 5.41) is 8.77. The van der Waals surface area contributed by atoms with E-state index < -0.39 is 5.97 Å². The predicted molar refractivity (Wildman–Crippen MR) is 55.3 cm³/mol. The molecular weight excluding hydrogens is 180 g/mol. The number of hydrogen-bond donors (Lipinski definition) is 1. The van der Waals surface area contributed by atoms with Gasteiger partial charge in [0.05, 0.1) is 6.42 Å². The van der Waals surface area contributed by atoms with Crippen molar-refractivity contribution in [2.75, 3.05) is 33.2 Å². The molecule has 0 saturated carbocycles. The van der Waals surface area contributed by atoms with Crippen LogP contribution in [0.3, 0.4) is 0 Å². The second kappa shape index (κ2) is 5.12. The lowest BCUT2D eigenvalue weighted by Crippen LogP contribution is -2.52. The first-order chi connectivity index (χ1) is 6.63. The van der Waals surface area contributed by atoms with Crippen LogP contribution in [-0.2, 0) is 4.79 Å². The molecule has 0 aromatic carbocycles. The van der Waals surface area contributed by atoms with Crippen LogP contribution >= 0.6 is 0 Å². The van der Waals surface area contributed by atoms with Gasteiger partial charge in [0.1, 0.15) is 0 Å². The molecule has 1 saturated heterocycles. The Morgan fingerprint density at radius 1 is 1.64 bits per heavy atom. The van der Waals surface area contributed by atoms with Crippen molar-refractivity contribution >= 4 is 5.97 Å². The van der Waals surface area contributed by atoms with E-state index in [1.807, 2.05) is 13.1 Å². The van der Waals surface area contributed by atoms with Gasteiger partial charge in [-0.05, 0) is 7.05 Å². The summed E-state index contributed by atoms with van der Waals surface area (Å²) in [6.07, 6.45) is 2.05. The first kappa shape index (κ1) is 11.2. The third kappa shape index (κ3) is 3.12. The molecule has 0 aromatic heterocycles. The average Bonchev–Trinajstić information content (AvgIpc) is 2.09. The van der Waals surface area contributed by atoms with E-state index in [0.717, 1.165) is 26.2 Å². The second-order valence-corrected chi connectivity index (χ2v) is 3.80. The molecule has 0 bridgehead atoms. The summed E-state index contributed by atoms with van der Waals surface area (Å²) in [6, 6.07) is 0.129. The number of hydrogen-bond acceptors (Lipinski definition) is 3. The first-order valence-corrected chi connectivity index (χ1v) is 4.88. The minimum absolute atomic E-state index is 0.129. The molecule has 0 aliphatic carbocycles. The van der Waals surface area contributed by atoms with E-state index in [9.17, 15) is 4.79 Å². The smallest absolute Gasteiger partial charge is 0.304 e. The third-order valence-electron chi connectivity index (χ3n) is 2.58. The van der Waals surface area contributed by atoms with Gasteiger partial charge in [-0.25, -0.2) is 0 Å². The molecule has 1 atom stereocenters. The molecule has 0 radical (unpaired) electrons. The van der Waals surface area contributed by atoms with E-state index in [1.165, 1.54) is 0 Å². The number of carboxylic acids is 1. The Labute approximate surface area is 84.8 Å². The third-order valence-corrected chi connectivity index (χ3v) is 2.58. The highest BCUT2D eigenvalue weighted by molar-refractivity contribution is 5.67. The molecule has 1 N–H and O–H groups in total. The largest absolute Gasteiger partial charge is 0.481 e. The van der Waals surface area contributed by atoms with Crippen molar-refractivity contribution in [2.45, 2.75) is 12.5 Å². The molecule has 1 unspecified atom stereocenters. The van der Waals surface area contributed by atoms with Gasteiger partial charge in [0, 0.05) is 32.2 Å². The van der Waals surface area contributed by atoms with Gasteiger partial charge in [-0.2, -0.15) is 0 Å². The van der Waals surface area contributed by atoms with E-state index in [4.69, 9.17) is 5.11 Å². The number of carboxylic acid groups (broad SMARTS) is 1. The summed E-state index contributed by atoms with van der Waals surface area (Å²) in [7, 11) is 2.03. The normalized spacial score (nSPS) is 24.8. The summed E-state index contributed by atoms with van der Waals surface area (Å²) in [5.74, 6) is -0.723. The first-order valence-electron chi connectivity index (χ1n) is 4.88. The molecule has 1 aliphatic rings. The van der Waals surface area contributed by atoms with Gasteiger partial charge in [-0.15, -0.1) is 6.58 Å². The van der Waals surface area contributed by atoms with E-state index >= 15 is 0 Å². The quantitative estimate of drug-likeness (QED) is 0.658. The fraction of sp³-hybridized carbons (Fsp3) is 0.700. The fourth-order valence-electron chi connectivity index (χ4n) is 1.85. The maximum absolute atomic E-state index is 10.7. The van der Waals surface area contributed by atoms with Gasteiger partial charge in [-0.3, -0.25) is 9.69 Å². The second-order valence-electron chi connectivity index (χ2n) is 3.80. The Morgan fingerprint density at radius 3 is 2.93 bits per heavy atom. The van der Waals surface area contributed by atoms with Gasteiger partial charge < -0.3 is 10.0 Å². The summed E-state index contributed by atoms with van der Waals surface area (Å²) >= 11 is 0. The standard InChI is InChI=1S/C10H18N2O2/c1-3-4-12-6-5-11(2)8-9(12)7-10(13)14/h3,9H,1,4-8H2,2H3,(H,13,14). The minimum Gasteiger partial charge on any atom is -0.481 e. The Balaban J connectivity index is 2.53. The zero-order valence-electron chi connectivity index (χ0n) is 8.65. The maximum atomic E-state index is 10.7. The van der Waals surface area contributed by atoms with Gasteiger partial charge in [-0.1, -0.05) is 6.08 Å². The monoisotopic (exact) mass is 198 g/mol. The molecule has 0 spiro atoms. The van der Waals surface area contributed by atoms with Crippen LogP contribution in [0.4, 0.5) is 0 Å². The van der Waals surface area contributed by atoms with Crippen LogP contribution in [0.1, 0.15) is 6.42 Å². The van der Waals surface area contributed by atoms with Crippen LogP contribution in [0, 0.1) is 0 Å². The Bertz CT molecular complexity index is 218. The van der Waals surface area contributed by atoms with Crippen molar-refractivity contribution in [2.24, 2.45) is 0 Å². The highest BCUT2D eigenvalue weighted by Crippen LogP contribution is 2.11. The number of likely N-dealkylation sites (N-methyl/N-ethyl adjacent to an activating group) is 1. The lowest BCUT2D eigenvalue weighted by atomic mass is 10.1. The number of piperazine rings is 1. The lowest BCUT2D eigenvalue weighted by Gasteiger charge is -2.38. The molecule has 0 amide bonds. The van der Waals surface area contributed by atoms with Crippen LogP contribution in [0.15, 0.2) is 12.7 Å². The van der Waals surface area contributed by atoms with Crippen LogP contribution in [0.25, 0.3) is 0 Å². The summed E-state index contributed by atoms with van der Waals surface area (Å²) < 4.78 is 0. The number of rotatable bonds is 4. The molecule has 1 fully saturated rings. The van der Waals surface area contributed by atoms with Crippen molar-refractivity contribution in [3.8, 4) is 0 Å². The minimum atomic E-state index is -0.723. The fourth-order valence-corrected chi connectivity index (χ4v) is 1.85. The molecule has 14 heavy (non-hydrogen) atoms. The van der Waals surface area contributed by atoms with E-state index in [0.29, 0.717) is 0 Å². The molecule has 1 aliphatic heterocycles. The molecule has 80 valence electrons. The average molecular weight is 198 g/mol. The SMILES string of the molecule is C=CCN1CCN(C)CC1CC(=O)O. The molecule has 4 heteroatoms. The summed E-state index contributed by atoms with van der Waals surface area (Å²) in [6.45, 7) is 7.24. The molecule has 0 aromatic rings. The lowest BCUT2D eigenvalue weighted by molar-refractivity contribution is -0.138. The van der Waals surface area contributed by atoms with E-state index in [2.05, 4.69) is 16.4 Å². The van der Waals surface area contributed by atoms with E-state index in [-0.39, 0.29) is 12.5 Å². The van der Waals surface area contributed by atoms with Gasteiger partial charge in [0.25, 0.3) is 0 Å². The number of aliphatic carboxylic acids is 1. The topological polar surface area (TPSA) is 43.8 Å². The van der Waals surface area contributed by atoms with Crippen LogP contribution in [0.5, 0.6) is 0 Å². The Hall–Kier alpha value is -0.870. The molecule has 1 heterocycles. The zero-order valence-corrected chi connectivity index (χ0v) is 8.65. The van der Waals surface area contributed by atoms with Crippen LogP contribution in [-0.4, -0.2) is 60.1 Å². The molecule has 1 rings (SSSR count). The highest BCUT2D eigenvalue weighted by atomic mass is 16.4. The van der Waals surface area contributed by atoms with Crippen LogP contribution in [0.2, 0.25) is 0 Å². The van der Waals surface area contributed by atoms with Crippen molar-refractivity contribution in [1.29, 1.82) is 0 Å².